The van der Waals surface area contributed by atoms with Crippen LogP contribution >= 0.6 is 0 Å². The monoisotopic (exact) mass is 368 g/mol. The highest BCUT2D eigenvalue weighted by atomic mass is 16.6. The highest BCUT2D eigenvalue weighted by molar-refractivity contribution is 5.88. The highest BCUT2D eigenvalue weighted by Crippen LogP contribution is 2.27. The Kier molecular flexibility index (Phi) is 6.74. The summed E-state index contributed by atoms with van der Waals surface area (Å²) in [6, 6.07) is 3.38. The zero-order valence-electron chi connectivity index (χ0n) is 16.3. The van der Waals surface area contributed by atoms with Crippen molar-refractivity contribution in [3.8, 4) is 0 Å². The molecule has 0 aliphatic carbocycles. The van der Waals surface area contributed by atoms with E-state index in [1.165, 1.54) is 0 Å². The number of aromatic nitrogens is 1. The van der Waals surface area contributed by atoms with Crippen LogP contribution in [0.3, 0.4) is 0 Å². The van der Waals surface area contributed by atoms with Crippen molar-refractivity contribution < 1.29 is 33.5 Å². The Morgan fingerprint density at radius 1 is 1.31 bits per heavy atom. The van der Waals surface area contributed by atoms with E-state index in [1.54, 1.807) is 29.1 Å². The molecule has 0 aromatic carbocycles. The first-order valence-electron chi connectivity index (χ1n) is 9.20. The summed E-state index contributed by atoms with van der Waals surface area (Å²) in [7, 11) is 6.17. The summed E-state index contributed by atoms with van der Waals surface area (Å²) in [5.41, 5.74) is 0.387. The predicted molar refractivity (Wildman–Crippen MR) is 95.2 cm³/mol. The molecule has 0 saturated carbocycles. The van der Waals surface area contributed by atoms with E-state index in [9.17, 15) is 15.0 Å². The lowest BCUT2D eigenvalue weighted by Gasteiger charge is -2.28. The number of esters is 1. The molecule has 1 saturated heterocycles. The number of hydrogen-bond acceptors (Lipinski definition) is 5. The molecule has 0 spiro atoms. The number of likely N-dealkylation sites (N-methyl/N-ethyl adjacent to an activating group) is 1. The Bertz CT molecular complexity index is 616. The molecule has 0 unspecified atom stereocenters. The van der Waals surface area contributed by atoms with Gasteiger partial charge in [0.15, 0.2) is 24.6 Å². The lowest BCUT2D eigenvalue weighted by molar-refractivity contribution is -0.873. The number of hydrogen-bond donors (Lipinski definition) is 2. The van der Waals surface area contributed by atoms with Crippen molar-refractivity contribution in [2.75, 3.05) is 27.7 Å². The molecule has 5 atom stereocenters. The molecule has 1 fully saturated rings. The molecule has 0 radical (unpaired) electrons. The molecule has 146 valence electrons. The zero-order valence-corrected chi connectivity index (χ0v) is 16.3. The van der Waals surface area contributed by atoms with Gasteiger partial charge in [0, 0.05) is 6.07 Å². The summed E-state index contributed by atoms with van der Waals surface area (Å²) in [6.07, 6.45) is 1.33. The number of carbonyl (C=O) groups is 1. The van der Waals surface area contributed by atoms with Crippen molar-refractivity contribution in [3.05, 3.63) is 30.1 Å². The van der Waals surface area contributed by atoms with Crippen molar-refractivity contribution >= 4 is 5.97 Å². The first kappa shape index (κ1) is 20.8. The van der Waals surface area contributed by atoms with E-state index in [0.29, 0.717) is 16.5 Å². The minimum atomic E-state index is -1.04. The summed E-state index contributed by atoms with van der Waals surface area (Å²) in [4.78, 5) is 12.5. The van der Waals surface area contributed by atoms with Crippen LogP contribution in [0.1, 0.15) is 43.3 Å². The van der Waals surface area contributed by atoms with Crippen molar-refractivity contribution in [1.82, 2.24) is 0 Å². The van der Waals surface area contributed by atoms with Gasteiger partial charge in [-0.25, -0.2) is 4.79 Å². The first-order chi connectivity index (χ1) is 12.2. The fourth-order valence-corrected chi connectivity index (χ4v) is 3.16. The average molecular weight is 368 g/mol. The van der Waals surface area contributed by atoms with Gasteiger partial charge in [0.05, 0.1) is 27.2 Å². The predicted octanol–water partition coefficient (Wildman–Crippen LogP) is 0.645. The van der Waals surface area contributed by atoms with Crippen LogP contribution in [0.2, 0.25) is 0 Å². The molecular formula is C19H32N2O5+2. The minimum Gasteiger partial charge on any atom is -0.453 e. The number of aliphatic hydroxyl groups excluding tert-OH is 2. The second-order valence-corrected chi connectivity index (χ2v) is 7.90. The molecule has 0 amide bonds. The SMILES string of the molecule is CC[C@H](C[N+](C)(C)C)OC(=O)c1ccc[n+]([C@@H]2O[C@H](CC)[C@@H](O)[C@H]2O)c1. The van der Waals surface area contributed by atoms with Crippen LogP contribution in [0.5, 0.6) is 0 Å². The number of nitrogens with zero attached hydrogens (tertiary/aromatic N) is 2. The van der Waals surface area contributed by atoms with E-state index < -0.39 is 30.5 Å². The van der Waals surface area contributed by atoms with Gasteiger partial charge >= 0.3 is 5.97 Å². The van der Waals surface area contributed by atoms with Crippen LogP contribution in [0.25, 0.3) is 0 Å². The van der Waals surface area contributed by atoms with Gasteiger partial charge in [-0.05, 0) is 18.9 Å². The first-order valence-corrected chi connectivity index (χ1v) is 9.20. The lowest BCUT2D eigenvalue weighted by Crippen LogP contribution is -2.46. The van der Waals surface area contributed by atoms with Gasteiger partial charge < -0.3 is 24.2 Å². The minimum absolute atomic E-state index is 0.171. The van der Waals surface area contributed by atoms with Crippen LogP contribution in [0, 0.1) is 0 Å². The summed E-state index contributed by atoms with van der Waals surface area (Å²) in [6.45, 7) is 4.61. The topological polar surface area (TPSA) is 79.9 Å². The van der Waals surface area contributed by atoms with E-state index in [-0.39, 0.29) is 6.10 Å². The van der Waals surface area contributed by atoms with Gasteiger partial charge in [0.2, 0.25) is 0 Å². The van der Waals surface area contributed by atoms with Crippen molar-refractivity contribution in [2.24, 2.45) is 0 Å². The molecule has 0 bridgehead atoms. The van der Waals surface area contributed by atoms with Gasteiger partial charge in [0.1, 0.15) is 18.2 Å². The van der Waals surface area contributed by atoms with Crippen LogP contribution < -0.4 is 4.57 Å². The second-order valence-electron chi connectivity index (χ2n) is 7.90. The standard InChI is InChI=1S/C19H32N2O5/c1-6-14(12-21(3,4)5)25-19(24)13-9-8-10-20(11-13)18-17(23)16(22)15(7-2)26-18/h8-11,14-18,22-23H,6-7,12H2,1-5H3/q+2/t14-,15-,16-,17-,18-/m1/s1. The van der Waals surface area contributed by atoms with E-state index in [1.807, 2.05) is 13.8 Å². The molecule has 1 aliphatic rings. The number of quaternary nitrogens is 1. The van der Waals surface area contributed by atoms with E-state index in [4.69, 9.17) is 9.47 Å². The Morgan fingerprint density at radius 3 is 2.54 bits per heavy atom. The number of carbonyl (C=O) groups excluding carboxylic acids is 1. The van der Waals surface area contributed by atoms with Gasteiger partial charge in [0.25, 0.3) is 6.23 Å². The molecule has 2 rings (SSSR count). The summed E-state index contributed by atoms with van der Waals surface area (Å²) < 4.78 is 13.7. The highest BCUT2D eigenvalue weighted by Gasteiger charge is 2.47. The Morgan fingerprint density at radius 2 is 2.00 bits per heavy atom. The number of rotatable bonds is 7. The third-order valence-corrected chi connectivity index (χ3v) is 4.57. The van der Waals surface area contributed by atoms with E-state index in [2.05, 4.69) is 21.1 Å². The summed E-state index contributed by atoms with van der Waals surface area (Å²) in [5.74, 6) is -0.403. The summed E-state index contributed by atoms with van der Waals surface area (Å²) >= 11 is 0. The molecule has 7 nitrogen and oxygen atoms in total. The maximum Gasteiger partial charge on any atom is 0.344 e. The molecule has 2 N–H and O–H groups in total. The lowest BCUT2D eigenvalue weighted by atomic mass is 10.1. The molecule has 26 heavy (non-hydrogen) atoms. The van der Waals surface area contributed by atoms with Crippen LogP contribution in [0.15, 0.2) is 24.5 Å². The Hall–Kier alpha value is -1.54. The van der Waals surface area contributed by atoms with Crippen molar-refractivity contribution in [1.29, 1.82) is 0 Å². The number of ether oxygens (including phenoxy) is 2. The average Bonchev–Trinajstić information content (AvgIpc) is 2.88. The van der Waals surface area contributed by atoms with E-state index >= 15 is 0 Å². The normalized spacial score (nSPS) is 27.3. The fraction of sp³-hybridized carbons (Fsp3) is 0.684. The van der Waals surface area contributed by atoms with Gasteiger partial charge in [-0.3, -0.25) is 0 Å². The molecule has 1 aliphatic heterocycles. The van der Waals surface area contributed by atoms with Crippen molar-refractivity contribution in [3.63, 3.8) is 0 Å². The van der Waals surface area contributed by atoms with E-state index in [0.717, 1.165) is 13.0 Å². The second kappa shape index (κ2) is 8.43. The maximum absolute atomic E-state index is 12.5. The van der Waals surface area contributed by atoms with Crippen molar-refractivity contribution in [2.45, 2.75) is 57.3 Å². The van der Waals surface area contributed by atoms with Gasteiger partial charge in [-0.2, -0.15) is 4.57 Å². The third kappa shape index (κ3) is 5.01. The van der Waals surface area contributed by atoms with Crippen LogP contribution in [-0.2, 0) is 9.47 Å². The quantitative estimate of drug-likeness (QED) is 0.420. The van der Waals surface area contributed by atoms with Crippen LogP contribution in [-0.4, -0.2) is 72.8 Å². The molecule has 1 aromatic rings. The molecular weight excluding hydrogens is 336 g/mol. The number of pyridine rings is 1. The molecule has 7 heteroatoms. The van der Waals surface area contributed by atoms with Gasteiger partial charge in [-0.1, -0.05) is 13.8 Å². The Balaban J connectivity index is 2.12. The largest absolute Gasteiger partial charge is 0.453 e. The molecule has 2 heterocycles. The maximum atomic E-state index is 12.5. The Labute approximate surface area is 155 Å². The summed E-state index contributed by atoms with van der Waals surface area (Å²) in [5, 5.41) is 20.3. The van der Waals surface area contributed by atoms with Gasteiger partial charge in [-0.15, -0.1) is 0 Å². The van der Waals surface area contributed by atoms with Crippen LogP contribution in [0.4, 0.5) is 0 Å². The number of aliphatic hydroxyl groups is 2. The molecule has 1 aromatic heterocycles. The zero-order chi connectivity index (χ0) is 19.5. The fourth-order valence-electron chi connectivity index (χ4n) is 3.16. The smallest absolute Gasteiger partial charge is 0.344 e. The third-order valence-electron chi connectivity index (χ3n) is 4.57.